The third-order valence-corrected chi connectivity index (χ3v) is 6.82. The molecule has 0 amide bonds. The summed E-state index contributed by atoms with van der Waals surface area (Å²) in [5.41, 5.74) is 8.10. The molecule has 0 unspecified atom stereocenters. The molecule has 5 heterocycles. The Kier molecular flexibility index (Phi) is 4.47. The second-order valence-corrected chi connectivity index (χ2v) is 9.24. The minimum absolute atomic E-state index is 0.376. The Morgan fingerprint density at radius 3 is 2.66 bits per heavy atom. The fourth-order valence-electron chi connectivity index (χ4n) is 5.25. The molecule has 1 aromatic carbocycles. The van der Waals surface area contributed by atoms with E-state index < -0.39 is 0 Å². The molecule has 0 N–H and O–H groups in total. The number of anilines is 1. The topological polar surface area (TPSA) is 62.5 Å². The SMILES string of the molecule is Cc1cccc(-c2cc3ncc4c(n3n2)C[C@@H]2CC[C@H]4N2Cc2cnc(N(C)C)nc2)c1. The highest BCUT2D eigenvalue weighted by atomic mass is 15.3. The van der Waals surface area contributed by atoms with Crippen LogP contribution in [0.25, 0.3) is 16.9 Å². The molecule has 2 bridgehead atoms. The van der Waals surface area contributed by atoms with Crippen LogP contribution in [0.3, 0.4) is 0 Å². The molecule has 3 aromatic heterocycles. The van der Waals surface area contributed by atoms with Gasteiger partial charge in [0.2, 0.25) is 5.95 Å². The minimum Gasteiger partial charge on any atom is -0.347 e. The average molecular weight is 426 g/mol. The zero-order chi connectivity index (χ0) is 21.8. The van der Waals surface area contributed by atoms with E-state index in [4.69, 9.17) is 10.1 Å². The van der Waals surface area contributed by atoms with Crippen molar-refractivity contribution in [3.05, 3.63) is 71.3 Å². The van der Waals surface area contributed by atoms with Crippen LogP contribution in [0.2, 0.25) is 0 Å². The van der Waals surface area contributed by atoms with Crippen LogP contribution in [-0.2, 0) is 13.0 Å². The van der Waals surface area contributed by atoms with E-state index in [1.165, 1.54) is 23.2 Å². The van der Waals surface area contributed by atoms with Gasteiger partial charge in [0.15, 0.2) is 5.65 Å². The minimum atomic E-state index is 0.376. The predicted octanol–water partition coefficient (Wildman–Crippen LogP) is 3.82. The quantitative estimate of drug-likeness (QED) is 0.495. The van der Waals surface area contributed by atoms with Crippen molar-refractivity contribution in [2.45, 2.75) is 44.8 Å². The molecule has 7 heteroatoms. The Hall–Kier alpha value is -3.32. The van der Waals surface area contributed by atoms with E-state index in [1.807, 2.05) is 31.4 Å². The molecule has 1 fully saturated rings. The van der Waals surface area contributed by atoms with Crippen LogP contribution in [0.1, 0.15) is 41.3 Å². The molecule has 0 aliphatic carbocycles. The number of fused-ring (bicyclic) bond motifs is 6. The monoisotopic (exact) mass is 425 g/mol. The Morgan fingerprint density at radius 1 is 1.03 bits per heavy atom. The lowest BCUT2D eigenvalue weighted by atomic mass is 9.98. The molecular formula is C25H27N7. The number of aryl methyl sites for hydroxylation is 1. The Morgan fingerprint density at radius 2 is 1.88 bits per heavy atom. The summed E-state index contributed by atoms with van der Waals surface area (Å²) in [5, 5.41) is 4.98. The highest BCUT2D eigenvalue weighted by molar-refractivity contribution is 5.65. The summed E-state index contributed by atoms with van der Waals surface area (Å²) >= 11 is 0. The molecule has 0 saturated carbocycles. The van der Waals surface area contributed by atoms with Crippen LogP contribution in [0.5, 0.6) is 0 Å². The first-order chi connectivity index (χ1) is 15.6. The smallest absolute Gasteiger partial charge is 0.224 e. The van der Waals surface area contributed by atoms with Crippen molar-refractivity contribution in [3.63, 3.8) is 0 Å². The second kappa shape index (κ2) is 7.38. The molecule has 7 nitrogen and oxygen atoms in total. The lowest BCUT2D eigenvalue weighted by Gasteiger charge is -2.36. The molecule has 2 atom stereocenters. The summed E-state index contributed by atoms with van der Waals surface area (Å²) in [6.45, 7) is 2.99. The molecular weight excluding hydrogens is 398 g/mol. The predicted molar refractivity (Wildman–Crippen MR) is 125 cm³/mol. The lowest BCUT2D eigenvalue weighted by molar-refractivity contribution is 0.165. The summed E-state index contributed by atoms with van der Waals surface area (Å²) in [4.78, 5) is 18.3. The number of rotatable bonds is 4. The zero-order valence-corrected chi connectivity index (χ0v) is 18.7. The molecule has 6 rings (SSSR count). The van der Waals surface area contributed by atoms with Crippen LogP contribution in [0, 0.1) is 6.92 Å². The van der Waals surface area contributed by atoms with E-state index in [9.17, 15) is 0 Å². The zero-order valence-electron chi connectivity index (χ0n) is 18.7. The highest BCUT2D eigenvalue weighted by Crippen LogP contribution is 2.44. The van der Waals surface area contributed by atoms with E-state index in [0.717, 1.165) is 47.8 Å². The van der Waals surface area contributed by atoms with E-state index in [-0.39, 0.29) is 0 Å². The number of hydrogen-bond donors (Lipinski definition) is 0. The lowest BCUT2D eigenvalue weighted by Crippen LogP contribution is -2.38. The summed E-state index contributed by atoms with van der Waals surface area (Å²) in [6.07, 6.45) is 9.35. The summed E-state index contributed by atoms with van der Waals surface area (Å²) in [6, 6.07) is 11.5. The standard InChI is InChI=1S/C25H27N7/c1-16-5-4-6-18(9-16)21-11-24-26-14-20-22-8-7-19(10-23(20)32(24)29-21)31(22)15-17-12-27-25(28-13-17)30(2)3/h4-6,9,11-14,19,22H,7-8,10,15H2,1-3H3/t19-,22+/m0/s1. The number of nitrogens with zero attached hydrogens (tertiary/aromatic N) is 7. The third kappa shape index (κ3) is 3.15. The average Bonchev–Trinajstić information content (AvgIpc) is 3.34. The Bertz CT molecular complexity index is 1290. The fraction of sp³-hybridized carbons (Fsp3) is 0.360. The van der Waals surface area contributed by atoms with Gasteiger partial charge < -0.3 is 4.90 Å². The third-order valence-electron chi connectivity index (χ3n) is 6.82. The largest absolute Gasteiger partial charge is 0.347 e. The van der Waals surface area contributed by atoms with Gasteiger partial charge in [-0.25, -0.2) is 19.5 Å². The molecule has 32 heavy (non-hydrogen) atoms. The van der Waals surface area contributed by atoms with Crippen molar-refractivity contribution >= 4 is 11.6 Å². The summed E-state index contributed by atoms with van der Waals surface area (Å²) < 4.78 is 2.09. The van der Waals surface area contributed by atoms with Gasteiger partial charge in [-0.1, -0.05) is 23.8 Å². The molecule has 1 saturated heterocycles. The molecule has 2 aliphatic heterocycles. The van der Waals surface area contributed by atoms with Crippen molar-refractivity contribution < 1.29 is 0 Å². The second-order valence-electron chi connectivity index (χ2n) is 9.24. The Labute approximate surface area is 187 Å². The molecule has 0 radical (unpaired) electrons. The van der Waals surface area contributed by atoms with Crippen molar-refractivity contribution in [1.29, 1.82) is 0 Å². The van der Waals surface area contributed by atoms with Gasteiger partial charge in [-0.15, -0.1) is 0 Å². The van der Waals surface area contributed by atoms with Gasteiger partial charge in [0.05, 0.1) is 11.4 Å². The molecule has 2 aliphatic rings. The van der Waals surface area contributed by atoms with Gasteiger partial charge >= 0.3 is 0 Å². The van der Waals surface area contributed by atoms with Gasteiger partial charge in [-0.2, -0.15) is 5.10 Å². The normalized spacial score (nSPS) is 20.0. The number of benzene rings is 1. The van der Waals surface area contributed by atoms with E-state index in [2.05, 4.69) is 62.8 Å². The van der Waals surface area contributed by atoms with Crippen molar-refractivity contribution in [2.75, 3.05) is 19.0 Å². The van der Waals surface area contributed by atoms with Crippen LogP contribution in [0.15, 0.2) is 48.9 Å². The highest BCUT2D eigenvalue weighted by Gasteiger charge is 2.41. The van der Waals surface area contributed by atoms with Crippen molar-refractivity contribution in [3.8, 4) is 11.3 Å². The molecule has 162 valence electrons. The van der Waals surface area contributed by atoms with Crippen molar-refractivity contribution in [1.82, 2.24) is 29.5 Å². The maximum atomic E-state index is 4.98. The van der Waals surface area contributed by atoms with E-state index in [0.29, 0.717) is 12.1 Å². The number of aromatic nitrogens is 5. The maximum Gasteiger partial charge on any atom is 0.224 e. The Balaban J connectivity index is 1.33. The first kappa shape index (κ1) is 19.4. The van der Waals surface area contributed by atoms with Gasteiger partial charge in [0.25, 0.3) is 0 Å². The van der Waals surface area contributed by atoms with Gasteiger partial charge in [-0.05, 0) is 25.8 Å². The fourth-order valence-corrected chi connectivity index (χ4v) is 5.25. The van der Waals surface area contributed by atoms with Crippen LogP contribution >= 0.6 is 0 Å². The van der Waals surface area contributed by atoms with Gasteiger partial charge in [0, 0.05) is 80.5 Å². The summed E-state index contributed by atoms with van der Waals surface area (Å²) in [7, 11) is 3.92. The van der Waals surface area contributed by atoms with E-state index >= 15 is 0 Å². The number of hydrogen-bond acceptors (Lipinski definition) is 6. The first-order valence-corrected chi connectivity index (χ1v) is 11.3. The van der Waals surface area contributed by atoms with Gasteiger partial charge in [-0.3, -0.25) is 4.90 Å². The van der Waals surface area contributed by atoms with E-state index in [1.54, 1.807) is 0 Å². The van der Waals surface area contributed by atoms with Crippen LogP contribution in [0.4, 0.5) is 5.95 Å². The van der Waals surface area contributed by atoms with Crippen LogP contribution in [-0.4, -0.2) is 49.6 Å². The first-order valence-electron chi connectivity index (χ1n) is 11.3. The van der Waals surface area contributed by atoms with Crippen molar-refractivity contribution in [2.24, 2.45) is 0 Å². The van der Waals surface area contributed by atoms with Gasteiger partial charge in [0.1, 0.15) is 0 Å². The molecule has 0 spiro atoms. The maximum absolute atomic E-state index is 4.98. The molecule has 4 aromatic rings. The van der Waals surface area contributed by atoms with Crippen LogP contribution < -0.4 is 4.90 Å². The summed E-state index contributed by atoms with van der Waals surface area (Å²) in [5.74, 6) is 0.746.